The lowest BCUT2D eigenvalue weighted by atomic mass is 9.73. The molecule has 6 nitrogen and oxygen atoms in total. The standard InChI is InChI=1S/C19H18ClNO5/c1-4-25-17(24)11-9-10(5-6-12(11)20)21-15(22)13-14(16(21)23)19(3)8-7-18(13,2)26-19/h5-9,13-14H,4H2,1-3H3/t13-,14-,18-,19-/m1/s1. The van der Waals surface area contributed by atoms with Gasteiger partial charge in [0, 0.05) is 0 Å². The number of halogens is 1. The molecular weight excluding hydrogens is 358 g/mol. The molecule has 2 fully saturated rings. The van der Waals surface area contributed by atoms with Crippen molar-refractivity contribution in [3.05, 3.63) is 40.9 Å². The smallest absolute Gasteiger partial charge is 0.339 e. The van der Waals surface area contributed by atoms with Crippen LogP contribution in [0.1, 0.15) is 31.1 Å². The van der Waals surface area contributed by atoms with Crippen molar-refractivity contribution in [2.75, 3.05) is 11.5 Å². The molecule has 2 amide bonds. The third-order valence-electron chi connectivity index (χ3n) is 5.43. The van der Waals surface area contributed by atoms with Crippen LogP contribution in [0.15, 0.2) is 30.4 Å². The number of esters is 1. The van der Waals surface area contributed by atoms with Crippen molar-refractivity contribution in [3.8, 4) is 0 Å². The zero-order valence-corrected chi connectivity index (χ0v) is 15.4. The summed E-state index contributed by atoms with van der Waals surface area (Å²) in [6, 6.07) is 4.48. The van der Waals surface area contributed by atoms with Crippen molar-refractivity contribution in [2.24, 2.45) is 11.8 Å². The lowest BCUT2D eigenvalue weighted by Gasteiger charge is -2.25. The van der Waals surface area contributed by atoms with Crippen LogP contribution in [0.4, 0.5) is 5.69 Å². The van der Waals surface area contributed by atoms with Gasteiger partial charge in [-0.2, -0.15) is 0 Å². The fraction of sp³-hybridized carbons (Fsp3) is 0.421. The molecular formula is C19H18ClNO5. The van der Waals surface area contributed by atoms with E-state index in [-0.39, 0.29) is 29.0 Å². The van der Waals surface area contributed by atoms with Gasteiger partial charge in [0.15, 0.2) is 0 Å². The first kappa shape index (κ1) is 17.2. The van der Waals surface area contributed by atoms with Gasteiger partial charge in [-0.25, -0.2) is 9.69 Å². The Kier molecular flexibility index (Phi) is 3.59. The second-order valence-electron chi connectivity index (χ2n) is 7.15. The lowest BCUT2D eigenvalue weighted by molar-refractivity contribution is -0.128. The number of hydrogen-bond acceptors (Lipinski definition) is 5. The second-order valence-corrected chi connectivity index (χ2v) is 7.56. The van der Waals surface area contributed by atoms with Gasteiger partial charge in [-0.1, -0.05) is 23.8 Å². The van der Waals surface area contributed by atoms with Crippen molar-refractivity contribution in [2.45, 2.75) is 32.0 Å². The van der Waals surface area contributed by atoms with E-state index in [1.807, 2.05) is 26.0 Å². The molecule has 0 N–H and O–H groups in total. The Hall–Kier alpha value is -2.18. The summed E-state index contributed by atoms with van der Waals surface area (Å²) in [5.41, 5.74) is -1.15. The molecule has 0 spiro atoms. The van der Waals surface area contributed by atoms with Crippen LogP contribution in [0.2, 0.25) is 5.02 Å². The largest absolute Gasteiger partial charge is 0.462 e. The van der Waals surface area contributed by atoms with Crippen LogP contribution in [-0.4, -0.2) is 35.6 Å². The van der Waals surface area contributed by atoms with Crippen LogP contribution in [0.5, 0.6) is 0 Å². The van der Waals surface area contributed by atoms with E-state index in [2.05, 4.69) is 0 Å². The normalized spacial score (nSPS) is 34.5. The molecule has 3 aliphatic rings. The summed E-state index contributed by atoms with van der Waals surface area (Å²) in [6.45, 7) is 5.53. The van der Waals surface area contributed by atoms with Gasteiger partial charge >= 0.3 is 5.97 Å². The predicted molar refractivity (Wildman–Crippen MR) is 93.9 cm³/mol. The van der Waals surface area contributed by atoms with Gasteiger partial charge in [-0.3, -0.25) is 9.59 Å². The molecule has 26 heavy (non-hydrogen) atoms. The number of amides is 2. The Morgan fingerprint density at radius 3 is 2.31 bits per heavy atom. The van der Waals surface area contributed by atoms with Crippen LogP contribution >= 0.6 is 11.6 Å². The molecule has 3 heterocycles. The number of hydrogen-bond donors (Lipinski definition) is 0. The maximum atomic E-state index is 13.1. The summed E-state index contributed by atoms with van der Waals surface area (Å²) in [6.07, 6.45) is 3.71. The maximum absolute atomic E-state index is 13.1. The predicted octanol–water partition coefficient (Wildman–Crippen LogP) is 2.74. The number of carbonyl (C=O) groups excluding carboxylic acids is 3. The molecule has 4 atom stereocenters. The highest BCUT2D eigenvalue weighted by Crippen LogP contribution is 2.57. The van der Waals surface area contributed by atoms with E-state index in [4.69, 9.17) is 21.1 Å². The Bertz CT molecular complexity index is 845. The SMILES string of the molecule is CCOC(=O)c1cc(N2C(=O)[C@H]3[C@H](C2=O)[C@@]2(C)C=C[C@@]3(C)O2)ccc1Cl. The van der Waals surface area contributed by atoms with Gasteiger partial charge in [-0.15, -0.1) is 0 Å². The van der Waals surface area contributed by atoms with Crippen molar-refractivity contribution >= 4 is 35.1 Å². The zero-order valence-electron chi connectivity index (χ0n) is 14.6. The molecule has 2 saturated heterocycles. The van der Waals surface area contributed by atoms with Crippen LogP contribution < -0.4 is 4.90 Å². The number of ether oxygens (including phenoxy) is 2. The monoisotopic (exact) mass is 375 g/mol. The summed E-state index contributed by atoms with van der Waals surface area (Å²) in [4.78, 5) is 39.4. The van der Waals surface area contributed by atoms with Gasteiger partial charge in [0.2, 0.25) is 11.8 Å². The summed E-state index contributed by atoms with van der Waals surface area (Å²) >= 11 is 6.08. The van der Waals surface area contributed by atoms with E-state index >= 15 is 0 Å². The third kappa shape index (κ3) is 2.12. The van der Waals surface area contributed by atoms with Crippen molar-refractivity contribution < 1.29 is 23.9 Å². The van der Waals surface area contributed by atoms with Crippen molar-refractivity contribution in [1.82, 2.24) is 0 Å². The Labute approximate surface area is 155 Å². The van der Waals surface area contributed by atoms with Gasteiger partial charge < -0.3 is 9.47 Å². The van der Waals surface area contributed by atoms with E-state index in [9.17, 15) is 14.4 Å². The fourth-order valence-electron chi connectivity index (χ4n) is 4.30. The number of anilines is 1. The topological polar surface area (TPSA) is 72.9 Å². The Balaban J connectivity index is 1.75. The Morgan fingerprint density at radius 1 is 1.19 bits per heavy atom. The number of imide groups is 1. The number of carbonyl (C=O) groups is 3. The number of benzene rings is 1. The van der Waals surface area contributed by atoms with E-state index in [0.29, 0.717) is 5.69 Å². The highest BCUT2D eigenvalue weighted by Gasteiger charge is 2.70. The lowest BCUT2D eigenvalue weighted by Crippen LogP contribution is -2.39. The molecule has 0 aromatic heterocycles. The molecule has 0 saturated carbocycles. The third-order valence-corrected chi connectivity index (χ3v) is 5.76. The molecule has 2 bridgehead atoms. The highest BCUT2D eigenvalue weighted by molar-refractivity contribution is 6.34. The second kappa shape index (κ2) is 5.41. The summed E-state index contributed by atoms with van der Waals surface area (Å²) in [5.74, 6) is -2.40. The molecule has 7 heteroatoms. The average molecular weight is 376 g/mol. The zero-order chi connectivity index (χ0) is 18.9. The fourth-order valence-corrected chi connectivity index (χ4v) is 4.50. The average Bonchev–Trinajstić information content (AvgIpc) is 3.13. The van der Waals surface area contributed by atoms with Gasteiger partial charge in [0.05, 0.1) is 45.9 Å². The van der Waals surface area contributed by atoms with Crippen molar-refractivity contribution in [3.63, 3.8) is 0 Å². The molecule has 3 aliphatic heterocycles. The highest BCUT2D eigenvalue weighted by atomic mass is 35.5. The first-order chi connectivity index (χ1) is 12.2. The minimum atomic E-state index is -0.794. The molecule has 1 aromatic carbocycles. The summed E-state index contributed by atoms with van der Waals surface area (Å²) < 4.78 is 11.0. The molecule has 136 valence electrons. The molecule has 0 unspecified atom stereocenters. The van der Waals surface area contributed by atoms with E-state index in [1.165, 1.54) is 12.1 Å². The van der Waals surface area contributed by atoms with Gasteiger partial charge in [-0.05, 0) is 39.0 Å². The summed E-state index contributed by atoms with van der Waals surface area (Å²) in [7, 11) is 0. The van der Waals surface area contributed by atoms with E-state index < -0.39 is 29.0 Å². The summed E-state index contributed by atoms with van der Waals surface area (Å²) in [5, 5.41) is 0.204. The van der Waals surface area contributed by atoms with Crippen LogP contribution in [-0.2, 0) is 19.1 Å². The minimum Gasteiger partial charge on any atom is -0.462 e. The van der Waals surface area contributed by atoms with Crippen molar-refractivity contribution in [1.29, 1.82) is 0 Å². The quantitative estimate of drug-likeness (QED) is 0.461. The first-order valence-corrected chi connectivity index (χ1v) is 8.85. The molecule has 1 aromatic rings. The number of nitrogens with zero attached hydrogens (tertiary/aromatic N) is 1. The Morgan fingerprint density at radius 2 is 1.77 bits per heavy atom. The van der Waals surface area contributed by atoms with Gasteiger partial charge in [0.25, 0.3) is 0 Å². The maximum Gasteiger partial charge on any atom is 0.339 e. The van der Waals surface area contributed by atoms with E-state index in [0.717, 1.165) is 4.90 Å². The van der Waals surface area contributed by atoms with Crippen LogP contribution in [0, 0.1) is 11.8 Å². The van der Waals surface area contributed by atoms with E-state index in [1.54, 1.807) is 13.0 Å². The number of rotatable bonds is 3. The van der Waals surface area contributed by atoms with Crippen LogP contribution in [0.3, 0.4) is 0 Å². The number of fused-ring (bicyclic) bond motifs is 5. The molecule has 0 radical (unpaired) electrons. The molecule has 0 aliphatic carbocycles. The molecule has 4 rings (SSSR count). The van der Waals surface area contributed by atoms with Gasteiger partial charge in [0.1, 0.15) is 0 Å². The van der Waals surface area contributed by atoms with Crippen LogP contribution in [0.25, 0.3) is 0 Å². The first-order valence-electron chi connectivity index (χ1n) is 8.47. The minimum absolute atomic E-state index is 0.124.